The van der Waals surface area contributed by atoms with Crippen molar-refractivity contribution in [1.29, 1.82) is 0 Å². The lowest BCUT2D eigenvalue weighted by atomic mass is 9.98. The molecular formula is C24H30N2O5S. The molecule has 3 aliphatic rings. The van der Waals surface area contributed by atoms with Gasteiger partial charge in [-0.3, -0.25) is 9.69 Å². The summed E-state index contributed by atoms with van der Waals surface area (Å²) in [5.41, 5.74) is 2.66. The van der Waals surface area contributed by atoms with E-state index >= 15 is 0 Å². The summed E-state index contributed by atoms with van der Waals surface area (Å²) in [7, 11) is -3.14. The maximum atomic E-state index is 12.7. The highest BCUT2D eigenvalue weighted by Crippen LogP contribution is 2.52. The van der Waals surface area contributed by atoms with Crippen LogP contribution in [0.2, 0.25) is 0 Å². The van der Waals surface area contributed by atoms with E-state index in [4.69, 9.17) is 9.15 Å². The molecule has 2 aromatic rings. The van der Waals surface area contributed by atoms with Crippen molar-refractivity contribution in [2.45, 2.75) is 50.7 Å². The molecule has 0 radical (unpaired) electrons. The van der Waals surface area contributed by atoms with Gasteiger partial charge in [-0.2, -0.15) is 0 Å². The van der Waals surface area contributed by atoms with Crippen LogP contribution in [0, 0.1) is 5.92 Å². The first-order chi connectivity index (χ1) is 15.3. The van der Waals surface area contributed by atoms with Crippen LogP contribution in [-0.4, -0.2) is 49.6 Å². The van der Waals surface area contributed by atoms with Crippen molar-refractivity contribution >= 4 is 10.0 Å². The molecule has 2 fully saturated rings. The molecule has 32 heavy (non-hydrogen) atoms. The standard InChI is InChI=1S/C24H30N2O5S/c1-16(26-13-18-5-3-4-6-19(18)20-11-21(20)26)23-12-22(27)24(15-31-23)30-14-17-7-9-25(10-8-17)32(2,28)29/h3-6,12,15-17,20-21H,7-11,13-14H2,1-2H3/t16-,20?,21-/m1/s1. The van der Waals surface area contributed by atoms with Gasteiger partial charge in [0.25, 0.3) is 0 Å². The second kappa shape index (κ2) is 8.32. The number of fused-ring (bicyclic) bond motifs is 3. The van der Waals surface area contributed by atoms with Gasteiger partial charge >= 0.3 is 0 Å². The van der Waals surface area contributed by atoms with Crippen LogP contribution < -0.4 is 10.2 Å². The average molecular weight is 459 g/mol. The molecule has 0 amide bonds. The van der Waals surface area contributed by atoms with Crippen LogP contribution in [0.4, 0.5) is 0 Å². The molecular weight excluding hydrogens is 428 g/mol. The molecule has 0 bridgehead atoms. The van der Waals surface area contributed by atoms with Crippen LogP contribution in [0.25, 0.3) is 0 Å². The Labute approximate surface area is 189 Å². The predicted octanol–water partition coefficient (Wildman–Crippen LogP) is 3.12. The van der Waals surface area contributed by atoms with E-state index in [0.717, 1.165) is 25.8 Å². The monoisotopic (exact) mass is 458 g/mol. The molecule has 172 valence electrons. The number of hydrogen-bond acceptors (Lipinski definition) is 6. The van der Waals surface area contributed by atoms with Crippen molar-refractivity contribution in [2.24, 2.45) is 5.92 Å². The van der Waals surface area contributed by atoms with Crippen LogP contribution in [0.1, 0.15) is 55.0 Å². The maximum Gasteiger partial charge on any atom is 0.227 e. The quantitative estimate of drug-likeness (QED) is 0.662. The molecule has 1 aromatic heterocycles. The molecule has 2 aliphatic heterocycles. The minimum atomic E-state index is -3.14. The van der Waals surface area contributed by atoms with Crippen LogP contribution in [-0.2, 0) is 16.6 Å². The van der Waals surface area contributed by atoms with Gasteiger partial charge in [0, 0.05) is 37.7 Å². The number of rotatable bonds is 6. The Balaban J connectivity index is 1.20. The number of sulfonamides is 1. The van der Waals surface area contributed by atoms with Crippen molar-refractivity contribution < 1.29 is 17.6 Å². The van der Waals surface area contributed by atoms with Gasteiger partial charge in [0.2, 0.25) is 21.2 Å². The first-order valence-electron chi connectivity index (χ1n) is 11.4. The van der Waals surface area contributed by atoms with Gasteiger partial charge < -0.3 is 9.15 Å². The van der Waals surface area contributed by atoms with Gasteiger partial charge in [-0.25, -0.2) is 12.7 Å². The maximum absolute atomic E-state index is 12.7. The Morgan fingerprint density at radius 1 is 1.22 bits per heavy atom. The number of nitrogens with zero attached hydrogens (tertiary/aromatic N) is 2. The third kappa shape index (κ3) is 4.23. The molecule has 5 rings (SSSR count). The molecule has 1 saturated heterocycles. The zero-order chi connectivity index (χ0) is 22.5. The highest BCUT2D eigenvalue weighted by molar-refractivity contribution is 7.88. The minimum Gasteiger partial charge on any atom is -0.486 e. The lowest BCUT2D eigenvalue weighted by Gasteiger charge is -2.33. The Morgan fingerprint density at radius 3 is 2.69 bits per heavy atom. The van der Waals surface area contributed by atoms with Crippen molar-refractivity contribution in [3.05, 3.63) is 63.7 Å². The Bertz CT molecular complexity index is 1150. The number of piperidine rings is 1. The van der Waals surface area contributed by atoms with E-state index in [-0.39, 0.29) is 23.1 Å². The van der Waals surface area contributed by atoms with Gasteiger partial charge in [-0.05, 0) is 43.2 Å². The third-order valence-electron chi connectivity index (χ3n) is 7.23. The average Bonchev–Trinajstić information content (AvgIpc) is 3.58. The molecule has 1 aromatic carbocycles. The number of ether oxygens (including phenoxy) is 1. The molecule has 1 saturated carbocycles. The van der Waals surface area contributed by atoms with Crippen molar-refractivity contribution in [3.8, 4) is 5.75 Å². The highest BCUT2D eigenvalue weighted by Gasteiger charge is 2.48. The fourth-order valence-corrected chi connectivity index (χ4v) is 6.05. The van der Waals surface area contributed by atoms with Crippen molar-refractivity contribution in [2.75, 3.05) is 26.0 Å². The number of benzene rings is 1. The highest BCUT2D eigenvalue weighted by atomic mass is 32.2. The minimum absolute atomic E-state index is 0.0143. The first-order valence-corrected chi connectivity index (χ1v) is 13.2. The smallest absolute Gasteiger partial charge is 0.227 e. The molecule has 3 atom stereocenters. The second-order valence-electron chi connectivity index (χ2n) is 9.38. The summed E-state index contributed by atoms with van der Waals surface area (Å²) < 4.78 is 36.4. The van der Waals surface area contributed by atoms with E-state index in [9.17, 15) is 13.2 Å². The topological polar surface area (TPSA) is 80.1 Å². The largest absolute Gasteiger partial charge is 0.486 e. The fourth-order valence-electron chi connectivity index (χ4n) is 5.18. The van der Waals surface area contributed by atoms with Crippen LogP contribution in [0.3, 0.4) is 0 Å². The van der Waals surface area contributed by atoms with E-state index in [2.05, 4.69) is 36.1 Å². The van der Waals surface area contributed by atoms with Crippen LogP contribution >= 0.6 is 0 Å². The SMILES string of the molecule is C[C@H](c1cc(=O)c(OCC2CCN(S(C)(=O)=O)CC2)co1)N1Cc2ccccc2C2C[C@H]21. The first kappa shape index (κ1) is 21.7. The van der Waals surface area contributed by atoms with E-state index < -0.39 is 10.0 Å². The summed E-state index contributed by atoms with van der Waals surface area (Å²) in [6, 6.07) is 10.7. The summed E-state index contributed by atoms with van der Waals surface area (Å²) in [5, 5.41) is 0. The van der Waals surface area contributed by atoms with Gasteiger partial charge in [-0.15, -0.1) is 0 Å². The predicted molar refractivity (Wildman–Crippen MR) is 121 cm³/mol. The molecule has 3 heterocycles. The number of hydrogen-bond donors (Lipinski definition) is 0. The summed E-state index contributed by atoms with van der Waals surface area (Å²) >= 11 is 0. The van der Waals surface area contributed by atoms with Gasteiger partial charge in [0.1, 0.15) is 12.0 Å². The Morgan fingerprint density at radius 2 is 1.97 bits per heavy atom. The second-order valence-corrected chi connectivity index (χ2v) is 11.4. The van der Waals surface area contributed by atoms with Crippen LogP contribution in [0.5, 0.6) is 5.75 Å². The van der Waals surface area contributed by atoms with E-state index in [1.807, 2.05) is 0 Å². The van der Waals surface area contributed by atoms with Gasteiger partial charge in [0.15, 0.2) is 0 Å². The zero-order valence-corrected chi connectivity index (χ0v) is 19.4. The Hall–Kier alpha value is -2.16. The molecule has 0 N–H and O–H groups in total. The molecule has 0 spiro atoms. The van der Waals surface area contributed by atoms with E-state index in [0.29, 0.717) is 37.4 Å². The Kier molecular flexibility index (Phi) is 5.63. The zero-order valence-electron chi connectivity index (χ0n) is 18.6. The summed E-state index contributed by atoms with van der Waals surface area (Å²) in [5.74, 6) is 1.70. The lowest BCUT2D eigenvalue weighted by Crippen LogP contribution is -2.39. The normalized spacial score (nSPS) is 25.1. The third-order valence-corrected chi connectivity index (χ3v) is 8.54. The van der Waals surface area contributed by atoms with E-state index in [1.165, 1.54) is 28.0 Å². The van der Waals surface area contributed by atoms with E-state index in [1.54, 1.807) is 6.07 Å². The van der Waals surface area contributed by atoms with Gasteiger partial charge in [0.05, 0.1) is 18.9 Å². The molecule has 7 nitrogen and oxygen atoms in total. The van der Waals surface area contributed by atoms with Crippen molar-refractivity contribution in [1.82, 2.24) is 9.21 Å². The molecule has 8 heteroatoms. The summed E-state index contributed by atoms with van der Waals surface area (Å²) in [6.07, 6.45) is 5.29. The summed E-state index contributed by atoms with van der Waals surface area (Å²) in [6.45, 7) is 4.35. The van der Waals surface area contributed by atoms with Crippen LogP contribution in [0.15, 0.2) is 45.8 Å². The molecule has 1 aliphatic carbocycles. The molecule has 1 unspecified atom stereocenters. The van der Waals surface area contributed by atoms with Gasteiger partial charge in [-0.1, -0.05) is 24.3 Å². The lowest BCUT2D eigenvalue weighted by molar-refractivity contribution is 0.153. The fraction of sp³-hybridized carbons (Fsp3) is 0.542. The summed E-state index contributed by atoms with van der Waals surface area (Å²) in [4.78, 5) is 15.1. The van der Waals surface area contributed by atoms with Crippen molar-refractivity contribution in [3.63, 3.8) is 0 Å².